The Kier molecular flexibility index (Phi) is 4.08. The summed E-state index contributed by atoms with van der Waals surface area (Å²) in [6, 6.07) is 10.0. The van der Waals surface area contributed by atoms with E-state index in [1.165, 1.54) is 6.07 Å². The predicted octanol–water partition coefficient (Wildman–Crippen LogP) is 5.69. The first-order valence-corrected chi connectivity index (χ1v) is 6.80. The highest BCUT2D eigenvalue weighted by Gasteiger charge is 2.13. The summed E-state index contributed by atoms with van der Waals surface area (Å²) in [6.07, 6.45) is 0. The molecule has 2 rings (SSSR count). The lowest BCUT2D eigenvalue weighted by Crippen LogP contribution is -1.89. The van der Waals surface area contributed by atoms with Gasteiger partial charge in [-0.05, 0) is 29.8 Å². The summed E-state index contributed by atoms with van der Waals surface area (Å²) < 4.78 is 13.8. The third-order valence-electron chi connectivity index (χ3n) is 2.42. The van der Waals surface area contributed by atoms with Crippen LogP contribution >= 0.6 is 39.1 Å². The molecule has 0 aliphatic rings. The molecule has 4 heteroatoms. The largest absolute Gasteiger partial charge is 0.206 e. The fourth-order valence-electron chi connectivity index (χ4n) is 1.60. The molecule has 0 spiro atoms. The Labute approximate surface area is 117 Å². The Morgan fingerprint density at radius 2 is 1.71 bits per heavy atom. The standard InChI is InChI=1S/C13H8BrCl2F/c14-7-8-4-5-12(17)9(6-8)13-10(15)2-1-3-11(13)16/h1-6H,7H2. The molecular formula is C13H8BrCl2F. The van der Waals surface area contributed by atoms with E-state index in [2.05, 4.69) is 15.9 Å². The van der Waals surface area contributed by atoms with Gasteiger partial charge in [-0.1, -0.05) is 51.3 Å². The highest BCUT2D eigenvalue weighted by Crippen LogP contribution is 2.36. The van der Waals surface area contributed by atoms with Crippen LogP contribution in [0, 0.1) is 5.82 Å². The van der Waals surface area contributed by atoms with E-state index in [-0.39, 0.29) is 5.82 Å². The number of benzene rings is 2. The van der Waals surface area contributed by atoms with E-state index in [9.17, 15) is 4.39 Å². The maximum absolute atomic E-state index is 13.8. The topological polar surface area (TPSA) is 0 Å². The first-order valence-electron chi connectivity index (χ1n) is 4.92. The van der Waals surface area contributed by atoms with Gasteiger partial charge in [-0.25, -0.2) is 4.39 Å². The molecule has 2 aromatic rings. The highest BCUT2D eigenvalue weighted by molar-refractivity contribution is 9.08. The molecule has 0 aromatic heterocycles. The van der Waals surface area contributed by atoms with Crippen molar-refractivity contribution in [3.05, 3.63) is 57.8 Å². The fraction of sp³-hybridized carbons (Fsp3) is 0.0769. The van der Waals surface area contributed by atoms with Crippen LogP contribution in [0.25, 0.3) is 11.1 Å². The van der Waals surface area contributed by atoms with E-state index in [0.717, 1.165) is 5.56 Å². The summed E-state index contributed by atoms with van der Waals surface area (Å²) in [5.74, 6) is -0.329. The molecule has 2 aromatic carbocycles. The van der Waals surface area contributed by atoms with Crippen LogP contribution in [0.1, 0.15) is 5.56 Å². The van der Waals surface area contributed by atoms with Gasteiger partial charge in [0.2, 0.25) is 0 Å². The van der Waals surface area contributed by atoms with Crippen molar-refractivity contribution in [2.45, 2.75) is 5.33 Å². The van der Waals surface area contributed by atoms with Crippen LogP contribution in [0.5, 0.6) is 0 Å². The van der Waals surface area contributed by atoms with Crippen LogP contribution in [-0.4, -0.2) is 0 Å². The Balaban J connectivity index is 2.67. The number of rotatable bonds is 2. The monoisotopic (exact) mass is 332 g/mol. The lowest BCUT2D eigenvalue weighted by Gasteiger charge is -2.09. The van der Waals surface area contributed by atoms with E-state index in [1.54, 1.807) is 30.3 Å². The zero-order valence-electron chi connectivity index (χ0n) is 8.68. The van der Waals surface area contributed by atoms with Crippen molar-refractivity contribution in [2.75, 3.05) is 0 Å². The molecule has 0 fully saturated rings. The molecule has 0 bridgehead atoms. The first-order chi connectivity index (χ1) is 8.13. The second kappa shape index (κ2) is 5.38. The van der Waals surface area contributed by atoms with Crippen LogP contribution in [0.15, 0.2) is 36.4 Å². The number of hydrogen-bond donors (Lipinski definition) is 0. The molecule has 0 aliphatic heterocycles. The minimum atomic E-state index is -0.329. The number of halogens is 4. The van der Waals surface area contributed by atoms with Crippen molar-refractivity contribution in [3.8, 4) is 11.1 Å². The van der Waals surface area contributed by atoms with Crippen molar-refractivity contribution in [1.29, 1.82) is 0 Å². The minimum Gasteiger partial charge on any atom is -0.206 e. The van der Waals surface area contributed by atoms with E-state index in [4.69, 9.17) is 23.2 Å². The van der Waals surface area contributed by atoms with E-state index in [1.807, 2.05) is 0 Å². The molecule has 0 atom stereocenters. The van der Waals surface area contributed by atoms with Gasteiger partial charge < -0.3 is 0 Å². The molecule has 0 nitrogen and oxygen atoms in total. The van der Waals surface area contributed by atoms with Gasteiger partial charge in [-0.2, -0.15) is 0 Å². The summed E-state index contributed by atoms with van der Waals surface area (Å²) >= 11 is 15.5. The second-order valence-electron chi connectivity index (χ2n) is 3.54. The van der Waals surface area contributed by atoms with Gasteiger partial charge in [-0.15, -0.1) is 0 Å². The van der Waals surface area contributed by atoms with Crippen LogP contribution in [0.2, 0.25) is 10.0 Å². The third-order valence-corrected chi connectivity index (χ3v) is 3.69. The van der Waals surface area contributed by atoms with E-state index >= 15 is 0 Å². The van der Waals surface area contributed by atoms with Gasteiger partial charge >= 0.3 is 0 Å². The average molecular weight is 334 g/mol. The van der Waals surface area contributed by atoms with Crippen LogP contribution in [0.4, 0.5) is 4.39 Å². The molecule has 0 heterocycles. The van der Waals surface area contributed by atoms with Crippen molar-refractivity contribution in [3.63, 3.8) is 0 Å². The van der Waals surface area contributed by atoms with E-state index < -0.39 is 0 Å². The van der Waals surface area contributed by atoms with Gasteiger partial charge in [0.05, 0.1) is 0 Å². The quantitative estimate of drug-likeness (QED) is 0.619. The van der Waals surface area contributed by atoms with E-state index in [0.29, 0.717) is 26.5 Å². The van der Waals surface area contributed by atoms with Gasteiger partial charge in [0.25, 0.3) is 0 Å². The lowest BCUT2D eigenvalue weighted by atomic mass is 10.0. The predicted molar refractivity (Wildman–Crippen MR) is 74.5 cm³/mol. The number of hydrogen-bond acceptors (Lipinski definition) is 0. The third kappa shape index (κ3) is 2.65. The van der Waals surface area contributed by atoms with Crippen molar-refractivity contribution >= 4 is 39.1 Å². The zero-order chi connectivity index (χ0) is 12.4. The Bertz CT molecular complexity index is 535. The molecule has 0 N–H and O–H groups in total. The Hall–Kier alpha value is -0.570. The maximum atomic E-state index is 13.8. The molecule has 0 saturated carbocycles. The average Bonchev–Trinajstić information content (AvgIpc) is 2.31. The van der Waals surface area contributed by atoms with Crippen molar-refractivity contribution in [1.82, 2.24) is 0 Å². The molecule has 0 unspecified atom stereocenters. The van der Waals surface area contributed by atoms with Gasteiger partial charge in [0.1, 0.15) is 5.82 Å². The van der Waals surface area contributed by atoms with Crippen LogP contribution in [0.3, 0.4) is 0 Å². The lowest BCUT2D eigenvalue weighted by molar-refractivity contribution is 0.631. The van der Waals surface area contributed by atoms with Crippen molar-refractivity contribution in [2.24, 2.45) is 0 Å². The Morgan fingerprint density at radius 1 is 1.06 bits per heavy atom. The van der Waals surface area contributed by atoms with Crippen LogP contribution in [-0.2, 0) is 5.33 Å². The second-order valence-corrected chi connectivity index (χ2v) is 4.92. The first kappa shape index (κ1) is 12.9. The normalized spacial score (nSPS) is 10.6. The molecule has 0 saturated heterocycles. The highest BCUT2D eigenvalue weighted by atomic mass is 79.9. The molecular weight excluding hydrogens is 326 g/mol. The summed E-state index contributed by atoms with van der Waals surface area (Å²) in [7, 11) is 0. The van der Waals surface area contributed by atoms with Crippen molar-refractivity contribution < 1.29 is 4.39 Å². The molecule has 0 radical (unpaired) electrons. The molecule has 17 heavy (non-hydrogen) atoms. The Morgan fingerprint density at radius 3 is 2.29 bits per heavy atom. The van der Waals surface area contributed by atoms with Gasteiger partial charge in [0.15, 0.2) is 0 Å². The molecule has 0 aliphatic carbocycles. The maximum Gasteiger partial charge on any atom is 0.131 e. The smallest absolute Gasteiger partial charge is 0.131 e. The summed E-state index contributed by atoms with van der Waals surface area (Å²) in [5.41, 5.74) is 1.94. The molecule has 0 amide bonds. The summed E-state index contributed by atoms with van der Waals surface area (Å²) in [4.78, 5) is 0. The summed E-state index contributed by atoms with van der Waals surface area (Å²) in [5, 5.41) is 1.55. The summed E-state index contributed by atoms with van der Waals surface area (Å²) in [6.45, 7) is 0. The molecule has 88 valence electrons. The van der Waals surface area contributed by atoms with Gasteiger partial charge in [0, 0.05) is 26.5 Å². The fourth-order valence-corrected chi connectivity index (χ4v) is 2.55. The SMILES string of the molecule is Fc1ccc(CBr)cc1-c1c(Cl)cccc1Cl. The minimum absolute atomic E-state index is 0.329. The van der Waals surface area contributed by atoms with Gasteiger partial charge in [-0.3, -0.25) is 0 Å². The zero-order valence-corrected chi connectivity index (χ0v) is 11.8. The number of alkyl halides is 1. The van der Waals surface area contributed by atoms with Crippen LogP contribution < -0.4 is 0 Å².